The average molecular weight is 601 g/mol. The number of aliphatic hydroxyl groups is 2. The number of ether oxygens (including phenoxy) is 1. The van der Waals surface area contributed by atoms with Crippen LogP contribution >= 0.6 is 39.4 Å². The Hall–Kier alpha value is -1.08. The summed E-state index contributed by atoms with van der Waals surface area (Å²) in [7, 11) is -16.8. The predicted molar refractivity (Wildman–Crippen MR) is 108 cm³/mol. The third-order valence-corrected chi connectivity index (χ3v) is 8.31. The molecule has 1 aliphatic rings. The molecular formula is C10H16BrN6O13P3. The van der Waals surface area contributed by atoms with Gasteiger partial charge in [-0.15, -0.1) is 0 Å². The summed E-state index contributed by atoms with van der Waals surface area (Å²) >= 11 is 3.12. The predicted octanol–water partition coefficient (Wildman–Crippen LogP) is -1.28. The second-order valence-corrected chi connectivity index (χ2v) is 11.5. The van der Waals surface area contributed by atoms with Gasteiger partial charge < -0.3 is 46.0 Å². The fourth-order valence-electron chi connectivity index (χ4n) is 2.76. The van der Waals surface area contributed by atoms with Gasteiger partial charge in [-0.05, 0) is 15.9 Å². The smallest absolute Gasteiger partial charge is 0.387 e. The number of imidazole rings is 1. The first-order valence-electron chi connectivity index (χ1n) is 8.26. The molecule has 2 unspecified atom stereocenters. The van der Waals surface area contributed by atoms with Crippen molar-refractivity contribution < 1.29 is 61.4 Å². The molecule has 33 heavy (non-hydrogen) atoms. The number of hydrogen-bond acceptors (Lipinski definition) is 14. The van der Waals surface area contributed by atoms with E-state index in [0.717, 1.165) is 4.57 Å². The number of aliphatic hydroxyl groups excluding tert-OH is 2. The van der Waals surface area contributed by atoms with Crippen LogP contribution in [-0.4, -0.2) is 74.2 Å². The third kappa shape index (κ3) is 6.14. The maximum atomic E-state index is 11.9. The number of nitrogens with zero attached hydrogens (tertiary/aromatic N) is 4. The van der Waals surface area contributed by atoms with Gasteiger partial charge in [0.1, 0.15) is 18.3 Å². The maximum absolute atomic E-state index is 11.9. The Morgan fingerprint density at radius 3 is 2.24 bits per heavy atom. The van der Waals surface area contributed by atoms with Crippen LogP contribution in [0.1, 0.15) is 6.23 Å². The van der Waals surface area contributed by atoms with Crippen LogP contribution in [0, 0.1) is 0 Å². The Bertz CT molecular complexity index is 1210. The summed E-state index contributed by atoms with van der Waals surface area (Å²) in [6.45, 7) is -0.998. The van der Waals surface area contributed by atoms with Crippen LogP contribution in [-0.2, 0) is 31.6 Å². The molecule has 0 amide bonds. The molecule has 3 rings (SSSR count). The molecule has 1 aliphatic heterocycles. The van der Waals surface area contributed by atoms with E-state index < -0.39 is 54.6 Å². The van der Waals surface area contributed by atoms with E-state index in [1.165, 1.54) is 0 Å². The minimum absolute atomic E-state index is 0.0108. The van der Waals surface area contributed by atoms with Gasteiger partial charge in [0.15, 0.2) is 27.9 Å². The van der Waals surface area contributed by atoms with Crippen LogP contribution in [0.2, 0.25) is 0 Å². The van der Waals surface area contributed by atoms with Crippen LogP contribution in [0.3, 0.4) is 0 Å². The third-order valence-electron chi connectivity index (χ3n) is 3.95. The standard InChI is InChI=1S/C10H16BrN6O13P3/c11-9-14-3-6(12)15-10(13)16-7(3)17(9)8-5(19)4(18)2(28-8)1-27-32(23,24)30-33(25,26)29-31(20,21)22/h2,4-5,8,18-19H,1H2,(H,23,24)(H,25,26)(H2,20,21,22)(H4,12,13,15,16)/t2-,4-,5-,8-/m1/s1. The lowest BCUT2D eigenvalue weighted by molar-refractivity contribution is -0.0513. The van der Waals surface area contributed by atoms with Gasteiger partial charge in [-0.3, -0.25) is 9.09 Å². The molecule has 23 heteroatoms. The van der Waals surface area contributed by atoms with E-state index >= 15 is 0 Å². The van der Waals surface area contributed by atoms with E-state index in [9.17, 15) is 28.8 Å². The lowest BCUT2D eigenvalue weighted by Crippen LogP contribution is -2.33. The van der Waals surface area contributed by atoms with Crippen molar-refractivity contribution in [3.63, 3.8) is 0 Å². The van der Waals surface area contributed by atoms with Gasteiger partial charge in [0.2, 0.25) is 5.95 Å². The van der Waals surface area contributed by atoms with Gasteiger partial charge in [-0.1, -0.05) is 0 Å². The number of halogens is 1. The molecule has 1 saturated heterocycles. The molecule has 0 aromatic carbocycles. The Kier molecular flexibility index (Phi) is 7.38. The Morgan fingerprint density at radius 2 is 1.64 bits per heavy atom. The van der Waals surface area contributed by atoms with Gasteiger partial charge >= 0.3 is 23.5 Å². The highest BCUT2D eigenvalue weighted by atomic mass is 79.9. The fourth-order valence-corrected chi connectivity index (χ4v) is 6.34. The van der Waals surface area contributed by atoms with E-state index in [-0.39, 0.29) is 27.7 Å². The van der Waals surface area contributed by atoms with Crippen molar-refractivity contribution >= 4 is 62.3 Å². The van der Waals surface area contributed by atoms with Crippen LogP contribution in [0.4, 0.5) is 11.8 Å². The van der Waals surface area contributed by atoms with Crippen molar-refractivity contribution in [2.75, 3.05) is 18.1 Å². The van der Waals surface area contributed by atoms with Gasteiger partial charge in [0.05, 0.1) is 6.61 Å². The monoisotopic (exact) mass is 600 g/mol. The zero-order valence-corrected chi connectivity index (χ0v) is 20.0. The molecule has 0 saturated carbocycles. The zero-order valence-electron chi connectivity index (χ0n) is 15.7. The van der Waals surface area contributed by atoms with Crippen molar-refractivity contribution in [3.05, 3.63) is 4.73 Å². The van der Waals surface area contributed by atoms with Crippen molar-refractivity contribution in [3.8, 4) is 0 Å². The first-order valence-corrected chi connectivity index (χ1v) is 13.6. The van der Waals surface area contributed by atoms with E-state index in [2.05, 4.69) is 44.0 Å². The van der Waals surface area contributed by atoms with Gasteiger partial charge in [-0.25, -0.2) is 18.7 Å². The largest absolute Gasteiger partial charge is 0.490 e. The van der Waals surface area contributed by atoms with Gasteiger partial charge in [0, 0.05) is 0 Å². The first kappa shape index (κ1) is 26.5. The van der Waals surface area contributed by atoms with Crippen LogP contribution < -0.4 is 11.5 Å². The molecule has 19 nitrogen and oxygen atoms in total. The zero-order chi connectivity index (χ0) is 24.9. The fraction of sp³-hybridized carbons (Fsp3) is 0.500. The molecule has 0 aliphatic carbocycles. The van der Waals surface area contributed by atoms with Crippen molar-refractivity contribution in [1.29, 1.82) is 0 Å². The van der Waals surface area contributed by atoms with Crippen LogP contribution in [0.25, 0.3) is 11.2 Å². The SMILES string of the molecule is Nc1nc(N)c2nc(Br)n([C@@H]3O[C@H](COP(=O)(O)OP(=O)(O)OP(=O)(O)O)[C@@H](O)[C@H]3O)c2n1. The molecule has 2 aromatic rings. The summed E-state index contributed by atoms with van der Waals surface area (Å²) in [4.78, 5) is 47.5. The molecule has 186 valence electrons. The minimum Gasteiger partial charge on any atom is -0.387 e. The molecule has 1 fully saturated rings. The number of hydrogen-bond donors (Lipinski definition) is 8. The second kappa shape index (κ2) is 9.18. The molecular weight excluding hydrogens is 585 g/mol. The average Bonchev–Trinajstić information content (AvgIpc) is 3.07. The minimum atomic E-state index is -5.73. The van der Waals surface area contributed by atoms with E-state index in [1.54, 1.807) is 0 Å². The number of phosphoric ester groups is 1. The van der Waals surface area contributed by atoms with Crippen LogP contribution in [0.5, 0.6) is 0 Å². The van der Waals surface area contributed by atoms with Crippen molar-refractivity contribution in [2.45, 2.75) is 24.5 Å². The Labute approximate surface area is 190 Å². The second-order valence-electron chi connectivity index (χ2n) is 6.32. The molecule has 2 aromatic heterocycles. The number of rotatable bonds is 8. The molecule has 6 atom stereocenters. The summed E-state index contributed by atoms with van der Waals surface area (Å²) in [5.74, 6) is -0.319. The topological polar surface area (TPSA) is 305 Å². The number of aromatic nitrogens is 4. The highest BCUT2D eigenvalue weighted by Gasteiger charge is 2.47. The van der Waals surface area contributed by atoms with E-state index in [0.29, 0.717) is 0 Å². The van der Waals surface area contributed by atoms with Crippen molar-refractivity contribution in [1.82, 2.24) is 19.5 Å². The normalized spacial score (nSPS) is 27.5. The highest BCUT2D eigenvalue weighted by molar-refractivity contribution is 9.10. The molecule has 0 bridgehead atoms. The number of anilines is 2. The summed E-state index contributed by atoms with van der Waals surface area (Å²) < 4.78 is 52.1. The highest BCUT2D eigenvalue weighted by Crippen LogP contribution is 2.66. The lowest BCUT2D eigenvalue weighted by Gasteiger charge is -2.19. The van der Waals surface area contributed by atoms with E-state index in [4.69, 9.17) is 30.9 Å². The van der Waals surface area contributed by atoms with E-state index in [1.807, 2.05) is 0 Å². The Morgan fingerprint density at radius 1 is 1.00 bits per heavy atom. The summed E-state index contributed by atoms with van der Waals surface area (Å²) in [6, 6.07) is 0. The lowest BCUT2D eigenvalue weighted by atomic mass is 10.1. The summed E-state index contributed by atoms with van der Waals surface area (Å²) in [6.07, 6.45) is -6.33. The molecule has 0 spiro atoms. The summed E-state index contributed by atoms with van der Waals surface area (Å²) in [5.41, 5.74) is 11.4. The number of nitrogens with two attached hydrogens (primary N) is 2. The maximum Gasteiger partial charge on any atom is 0.490 e. The molecule has 10 N–H and O–H groups in total. The first-order chi connectivity index (χ1) is 15.0. The van der Waals surface area contributed by atoms with Crippen LogP contribution in [0.15, 0.2) is 4.73 Å². The number of fused-ring (bicyclic) bond motifs is 1. The Balaban J connectivity index is 1.76. The van der Waals surface area contributed by atoms with Gasteiger partial charge in [0.25, 0.3) is 0 Å². The van der Waals surface area contributed by atoms with Crippen molar-refractivity contribution in [2.24, 2.45) is 0 Å². The summed E-state index contributed by atoms with van der Waals surface area (Å²) in [5, 5.41) is 20.7. The quantitative estimate of drug-likeness (QED) is 0.129. The molecule has 3 heterocycles. The molecule has 0 radical (unpaired) electrons. The van der Waals surface area contributed by atoms with Gasteiger partial charge in [-0.2, -0.15) is 18.6 Å². The number of nitrogen functional groups attached to an aromatic ring is 2. The number of phosphoric acid groups is 3.